The van der Waals surface area contributed by atoms with Crippen molar-refractivity contribution < 1.29 is 23.9 Å². The predicted molar refractivity (Wildman–Crippen MR) is 180 cm³/mol. The highest BCUT2D eigenvalue weighted by molar-refractivity contribution is 5.98. The first-order valence-corrected chi connectivity index (χ1v) is 15.8. The summed E-state index contributed by atoms with van der Waals surface area (Å²) in [6, 6.07) is 24.1. The first kappa shape index (κ1) is 32.9. The summed E-state index contributed by atoms with van der Waals surface area (Å²) in [4.78, 5) is 43.2. The third kappa shape index (κ3) is 6.31. The van der Waals surface area contributed by atoms with Crippen LogP contribution in [-0.4, -0.2) is 60.9 Å². The van der Waals surface area contributed by atoms with Crippen molar-refractivity contribution in [3.8, 4) is 16.9 Å². The molecule has 8 heteroatoms. The minimum atomic E-state index is -0.995. The molecule has 0 radical (unpaired) electrons. The van der Waals surface area contributed by atoms with Crippen LogP contribution in [0.25, 0.3) is 11.1 Å². The maximum absolute atomic E-state index is 14.7. The van der Waals surface area contributed by atoms with Crippen molar-refractivity contribution in [2.45, 2.75) is 63.8 Å². The van der Waals surface area contributed by atoms with E-state index in [4.69, 9.17) is 9.47 Å². The van der Waals surface area contributed by atoms with E-state index >= 15 is 0 Å². The molecule has 1 heterocycles. The molecule has 2 fully saturated rings. The molecule has 0 spiro atoms. The van der Waals surface area contributed by atoms with Gasteiger partial charge in [-0.05, 0) is 47.6 Å². The number of hydrogen-bond acceptors (Lipinski definition) is 6. The first-order chi connectivity index (χ1) is 21.9. The van der Waals surface area contributed by atoms with Crippen LogP contribution < -0.4 is 15.4 Å². The van der Waals surface area contributed by atoms with Crippen molar-refractivity contribution in [3.05, 3.63) is 97.1 Å². The van der Waals surface area contributed by atoms with E-state index < -0.39 is 28.6 Å². The SMILES string of the molecule is C=C[C@@H]1C[C@]1(NC(=O)[C@@H]1CC(OC)(c2ccc(-c3ccccc3)cc2)CN1C(=O)C(Nc1cccc(OC)c1)C(C)(C)C)C(C)=O. The third-order valence-electron chi connectivity index (χ3n) is 9.59. The fourth-order valence-corrected chi connectivity index (χ4v) is 6.62. The minimum absolute atomic E-state index is 0.122. The quantitative estimate of drug-likeness (QED) is 0.255. The summed E-state index contributed by atoms with van der Waals surface area (Å²) in [6.07, 6.45) is 2.44. The molecule has 1 aliphatic heterocycles. The maximum atomic E-state index is 14.7. The van der Waals surface area contributed by atoms with Crippen LogP contribution in [0.1, 0.15) is 46.1 Å². The number of ether oxygens (including phenoxy) is 2. The van der Waals surface area contributed by atoms with Gasteiger partial charge in [-0.3, -0.25) is 14.4 Å². The summed E-state index contributed by atoms with van der Waals surface area (Å²) in [7, 11) is 3.22. The number of Topliss-reactive ketones (excluding diaryl/α,β-unsaturated/α-hetero) is 1. The van der Waals surface area contributed by atoms with Gasteiger partial charge in [-0.25, -0.2) is 0 Å². The summed E-state index contributed by atoms with van der Waals surface area (Å²) in [5, 5.41) is 6.46. The molecule has 2 N–H and O–H groups in total. The van der Waals surface area contributed by atoms with Gasteiger partial charge in [0.1, 0.15) is 29.0 Å². The number of carbonyl (C=O) groups excluding carboxylic acids is 3. The highest BCUT2D eigenvalue weighted by atomic mass is 16.5. The van der Waals surface area contributed by atoms with Crippen molar-refractivity contribution in [2.24, 2.45) is 11.3 Å². The number of nitrogens with zero attached hydrogens (tertiary/aromatic N) is 1. The molecule has 1 saturated carbocycles. The molecule has 0 aromatic heterocycles. The standard InChI is InChI=1S/C38H45N3O5/c1-8-28-22-38(28,25(2)42)40-34(43)32-23-37(46-7,29-19-17-27(18-20-29)26-13-10-9-11-14-26)24-41(32)35(44)33(36(3,4)5)39-30-15-12-16-31(21-30)45-6/h8-21,28,32-33,39H,1,22-24H2,2-7H3,(H,40,43)/t28-,32+,33?,37?,38+/m1/s1. The van der Waals surface area contributed by atoms with Gasteiger partial charge in [-0.1, -0.05) is 87.5 Å². The number of ketones is 1. The molecule has 1 aliphatic carbocycles. The van der Waals surface area contributed by atoms with Crippen LogP contribution in [-0.2, 0) is 24.7 Å². The Balaban J connectivity index is 1.51. The number of likely N-dealkylation sites (tertiary alicyclic amines) is 1. The molecule has 2 aliphatic rings. The lowest BCUT2D eigenvalue weighted by Gasteiger charge is -2.36. The second-order valence-electron chi connectivity index (χ2n) is 13.6. The van der Waals surface area contributed by atoms with Gasteiger partial charge in [0.15, 0.2) is 5.78 Å². The van der Waals surface area contributed by atoms with Gasteiger partial charge < -0.3 is 25.0 Å². The number of anilines is 1. The molecule has 242 valence electrons. The molecule has 1 saturated heterocycles. The maximum Gasteiger partial charge on any atom is 0.246 e. The smallest absolute Gasteiger partial charge is 0.246 e. The molecular weight excluding hydrogens is 578 g/mol. The van der Waals surface area contributed by atoms with Crippen LogP contribution in [0.4, 0.5) is 5.69 Å². The number of nitrogens with one attached hydrogen (secondary N) is 2. The van der Waals surface area contributed by atoms with Gasteiger partial charge in [0.2, 0.25) is 11.8 Å². The van der Waals surface area contributed by atoms with E-state index in [1.54, 1.807) is 25.2 Å². The molecule has 3 aromatic rings. The molecule has 8 nitrogen and oxygen atoms in total. The minimum Gasteiger partial charge on any atom is -0.497 e. The fourth-order valence-electron chi connectivity index (χ4n) is 6.62. The Labute approximate surface area is 272 Å². The van der Waals surface area contributed by atoms with Crippen LogP contribution in [0.2, 0.25) is 0 Å². The normalized spacial score (nSPS) is 24.5. The molecule has 46 heavy (non-hydrogen) atoms. The Bertz CT molecular complexity index is 1600. The van der Waals surface area contributed by atoms with E-state index in [0.29, 0.717) is 12.2 Å². The first-order valence-electron chi connectivity index (χ1n) is 15.8. The Morgan fingerprint density at radius 1 is 0.957 bits per heavy atom. The summed E-state index contributed by atoms with van der Waals surface area (Å²) in [5.41, 5.74) is 1.27. The lowest BCUT2D eigenvalue weighted by Crippen LogP contribution is -2.56. The monoisotopic (exact) mass is 623 g/mol. The number of methoxy groups -OCH3 is 2. The largest absolute Gasteiger partial charge is 0.497 e. The molecule has 2 amide bonds. The molecule has 5 atom stereocenters. The van der Waals surface area contributed by atoms with Crippen molar-refractivity contribution >= 4 is 23.3 Å². The zero-order chi connectivity index (χ0) is 33.3. The van der Waals surface area contributed by atoms with Crippen molar-refractivity contribution in [1.29, 1.82) is 0 Å². The van der Waals surface area contributed by atoms with Crippen LogP contribution in [0.15, 0.2) is 91.5 Å². The van der Waals surface area contributed by atoms with Gasteiger partial charge in [-0.15, -0.1) is 6.58 Å². The number of hydrogen-bond donors (Lipinski definition) is 2. The lowest BCUT2D eigenvalue weighted by atomic mass is 9.85. The van der Waals surface area contributed by atoms with Gasteiger partial charge in [0, 0.05) is 31.2 Å². The number of carbonyl (C=O) groups is 3. The van der Waals surface area contributed by atoms with Crippen LogP contribution in [0.3, 0.4) is 0 Å². The van der Waals surface area contributed by atoms with Crippen LogP contribution in [0.5, 0.6) is 5.75 Å². The van der Waals surface area contributed by atoms with Gasteiger partial charge >= 0.3 is 0 Å². The zero-order valence-electron chi connectivity index (χ0n) is 27.6. The van der Waals surface area contributed by atoms with Gasteiger partial charge in [-0.2, -0.15) is 0 Å². The molecular formula is C38H45N3O5. The summed E-state index contributed by atoms with van der Waals surface area (Å²) < 4.78 is 11.7. The zero-order valence-corrected chi connectivity index (χ0v) is 27.6. The van der Waals surface area contributed by atoms with Gasteiger partial charge in [0.25, 0.3) is 0 Å². The second kappa shape index (κ2) is 12.8. The fraction of sp³-hybridized carbons (Fsp3) is 0.395. The van der Waals surface area contributed by atoms with Crippen LogP contribution >= 0.6 is 0 Å². The van der Waals surface area contributed by atoms with Gasteiger partial charge in [0.05, 0.1) is 13.7 Å². The number of benzene rings is 3. The Hall–Kier alpha value is -4.43. The average molecular weight is 624 g/mol. The average Bonchev–Trinajstić information content (AvgIpc) is 3.63. The highest BCUT2D eigenvalue weighted by Crippen LogP contribution is 2.46. The molecule has 0 bridgehead atoms. The van der Waals surface area contributed by atoms with Crippen molar-refractivity contribution in [1.82, 2.24) is 10.2 Å². The topological polar surface area (TPSA) is 97.0 Å². The predicted octanol–water partition coefficient (Wildman–Crippen LogP) is 5.98. The molecule has 3 aromatic carbocycles. The highest BCUT2D eigenvalue weighted by Gasteiger charge is 2.60. The molecule has 2 unspecified atom stereocenters. The second-order valence-corrected chi connectivity index (χ2v) is 13.6. The number of rotatable bonds is 11. The van der Waals surface area contributed by atoms with E-state index in [1.807, 2.05) is 87.5 Å². The Kier molecular flexibility index (Phi) is 9.14. The molecule has 5 rings (SSSR count). The third-order valence-corrected chi connectivity index (χ3v) is 9.59. The van der Waals surface area contributed by atoms with E-state index in [2.05, 4.69) is 29.3 Å². The summed E-state index contributed by atoms with van der Waals surface area (Å²) in [5.74, 6) is -0.209. The Morgan fingerprint density at radius 2 is 1.63 bits per heavy atom. The lowest BCUT2D eigenvalue weighted by molar-refractivity contribution is -0.141. The van der Waals surface area contributed by atoms with E-state index in [9.17, 15) is 14.4 Å². The Morgan fingerprint density at radius 3 is 2.20 bits per heavy atom. The summed E-state index contributed by atoms with van der Waals surface area (Å²) >= 11 is 0. The van der Waals surface area contributed by atoms with E-state index in [-0.39, 0.29) is 36.5 Å². The van der Waals surface area contributed by atoms with E-state index in [1.165, 1.54) is 6.92 Å². The number of amides is 2. The van der Waals surface area contributed by atoms with Crippen molar-refractivity contribution in [2.75, 3.05) is 26.1 Å². The van der Waals surface area contributed by atoms with Crippen LogP contribution in [0, 0.1) is 11.3 Å². The van der Waals surface area contributed by atoms with E-state index in [0.717, 1.165) is 22.4 Å². The summed E-state index contributed by atoms with van der Waals surface area (Å²) in [6.45, 7) is 11.5. The van der Waals surface area contributed by atoms with Crippen molar-refractivity contribution in [3.63, 3.8) is 0 Å².